The van der Waals surface area contributed by atoms with Crippen LogP contribution in [0.4, 0.5) is 0 Å². The molecular weight excluding hydrogens is 324 g/mol. The van der Waals surface area contributed by atoms with E-state index in [4.69, 9.17) is 0 Å². The lowest BCUT2D eigenvalue weighted by Crippen LogP contribution is -2.35. The fourth-order valence-electron chi connectivity index (χ4n) is 3.22. The number of rotatable bonds is 8. The highest BCUT2D eigenvalue weighted by Gasteiger charge is 2.20. The third-order valence-electron chi connectivity index (χ3n) is 4.61. The van der Waals surface area contributed by atoms with Gasteiger partial charge < -0.3 is 10.2 Å². The van der Waals surface area contributed by atoms with Crippen LogP contribution < -0.4 is 5.32 Å². The van der Waals surface area contributed by atoms with Crippen molar-refractivity contribution in [3.63, 3.8) is 0 Å². The fraction of sp³-hybridized carbons (Fsp3) is 0.524. The summed E-state index contributed by atoms with van der Waals surface area (Å²) < 4.78 is 1.80. The Labute approximate surface area is 157 Å². The van der Waals surface area contributed by atoms with Crippen LogP contribution in [0.2, 0.25) is 0 Å². The summed E-state index contributed by atoms with van der Waals surface area (Å²) in [6.45, 7) is 9.70. The number of benzene rings is 1. The highest BCUT2D eigenvalue weighted by molar-refractivity contribution is 5.92. The molecule has 0 aliphatic rings. The van der Waals surface area contributed by atoms with Gasteiger partial charge in [0, 0.05) is 13.1 Å². The molecule has 0 fully saturated rings. The predicted molar refractivity (Wildman–Crippen MR) is 106 cm³/mol. The summed E-state index contributed by atoms with van der Waals surface area (Å²) in [6.07, 6.45) is 0.886. The van der Waals surface area contributed by atoms with Crippen molar-refractivity contribution in [2.24, 2.45) is 5.92 Å². The van der Waals surface area contributed by atoms with E-state index in [1.54, 1.807) is 4.68 Å². The highest BCUT2D eigenvalue weighted by atomic mass is 16.2. The Morgan fingerprint density at radius 3 is 2.54 bits per heavy atom. The van der Waals surface area contributed by atoms with Crippen LogP contribution >= 0.6 is 0 Å². The molecule has 5 heteroatoms. The molecule has 1 aromatic heterocycles. The molecule has 5 nitrogen and oxygen atoms in total. The SMILES string of the molecule is CCn1nc(CC(C)C)cc1C(=O)NCC(c1ccccc1C)N(C)C. The number of amides is 1. The van der Waals surface area contributed by atoms with E-state index in [0.29, 0.717) is 24.7 Å². The number of carbonyl (C=O) groups is 1. The van der Waals surface area contributed by atoms with Gasteiger partial charge in [0.2, 0.25) is 0 Å². The van der Waals surface area contributed by atoms with E-state index < -0.39 is 0 Å². The van der Waals surface area contributed by atoms with E-state index in [9.17, 15) is 4.79 Å². The fourth-order valence-corrected chi connectivity index (χ4v) is 3.22. The van der Waals surface area contributed by atoms with Gasteiger partial charge in [-0.05, 0) is 57.5 Å². The van der Waals surface area contributed by atoms with Gasteiger partial charge in [-0.15, -0.1) is 0 Å². The van der Waals surface area contributed by atoms with Gasteiger partial charge in [0.1, 0.15) is 5.69 Å². The number of nitrogens with one attached hydrogen (secondary N) is 1. The van der Waals surface area contributed by atoms with Gasteiger partial charge >= 0.3 is 0 Å². The molecule has 0 radical (unpaired) electrons. The molecule has 1 amide bonds. The van der Waals surface area contributed by atoms with E-state index >= 15 is 0 Å². The number of likely N-dealkylation sites (N-methyl/N-ethyl adjacent to an activating group) is 1. The molecule has 0 aliphatic heterocycles. The second kappa shape index (κ2) is 8.99. The highest BCUT2D eigenvalue weighted by Crippen LogP contribution is 2.21. The van der Waals surface area contributed by atoms with Gasteiger partial charge in [0.15, 0.2) is 0 Å². The van der Waals surface area contributed by atoms with Gasteiger partial charge in [-0.25, -0.2) is 0 Å². The first-order valence-corrected chi connectivity index (χ1v) is 9.40. The lowest BCUT2D eigenvalue weighted by Gasteiger charge is -2.26. The molecule has 1 atom stereocenters. The zero-order chi connectivity index (χ0) is 19.3. The predicted octanol–water partition coefficient (Wildman–Crippen LogP) is 3.44. The Morgan fingerprint density at radius 1 is 1.27 bits per heavy atom. The quantitative estimate of drug-likeness (QED) is 0.788. The van der Waals surface area contributed by atoms with Crippen molar-refractivity contribution in [2.45, 2.75) is 46.7 Å². The summed E-state index contributed by atoms with van der Waals surface area (Å²) in [6, 6.07) is 10.4. The summed E-state index contributed by atoms with van der Waals surface area (Å²) in [5.41, 5.74) is 4.10. The average Bonchev–Trinajstić information content (AvgIpc) is 2.98. The zero-order valence-corrected chi connectivity index (χ0v) is 16.9. The minimum Gasteiger partial charge on any atom is -0.349 e. The van der Waals surface area contributed by atoms with Crippen molar-refractivity contribution in [1.82, 2.24) is 20.0 Å². The Hall–Kier alpha value is -2.14. The smallest absolute Gasteiger partial charge is 0.269 e. The molecule has 1 N–H and O–H groups in total. The van der Waals surface area contributed by atoms with Gasteiger partial charge in [-0.2, -0.15) is 5.10 Å². The molecule has 0 saturated heterocycles. The van der Waals surface area contributed by atoms with Crippen LogP contribution in [0, 0.1) is 12.8 Å². The molecule has 142 valence electrons. The Kier molecular flexibility index (Phi) is 6.98. The molecule has 1 unspecified atom stereocenters. The molecule has 1 aromatic carbocycles. The molecule has 2 aromatic rings. The standard InChI is InChI=1S/C21H32N4O/c1-7-25-19(13-17(23-25)12-15(2)3)21(26)22-14-20(24(5)6)18-11-9-8-10-16(18)4/h8-11,13,15,20H,7,12,14H2,1-6H3,(H,22,26). The van der Waals surface area contributed by atoms with Crippen LogP contribution in [-0.2, 0) is 13.0 Å². The van der Waals surface area contributed by atoms with Crippen molar-refractivity contribution in [2.75, 3.05) is 20.6 Å². The number of hydrogen-bond acceptors (Lipinski definition) is 3. The van der Waals surface area contributed by atoms with Crippen LogP contribution in [-0.4, -0.2) is 41.2 Å². The molecule has 0 aliphatic carbocycles. The number of nitrogens with zero attached hydrogens (tertiary/aromatic N) is 3. The van der Waals surface area contributed by atoms with E-state index in [1.165, 1.54) is 11.1 Å². The second-order valence-corrected chi connectivity index (χ2v) is 7.48. The maximum absolute atomic E-state index is 12.8. The van der Waals surface area contributed by atoms with Crippen LogP contribution in [0.3, 0.4) is 0 Å². The molecular formula is C21H32N4O. The van der Waals surface area contributed by atoms with E-state index in [1.807, 2.05) is 39.2 Å². The Morgan fingerprint density at radius 2 is 1.96 bits per heavy atom. The second-order valence-electron chi connectivity index (χ2n) is 7.48. The number of carbonyl (C=O) groups excluding carboxylic acids is 1. The van der Waals surface area contributed by atoms with Gasteiger partial charge in [0.25, 0.3) is 5.91 Å². The van der Waals surface area contributed by atoms with Crippen molar-refractivity contribution < 1.29 is 4.79 Å². The number of aryl methyl sites for hydroxylation is 2. The first-order chi connectivity index (χ1) is 12.3. The minimum absolute atomic E-state index is 0.0604. The lowest BCUT2D eigenvalue weighted by molar-refractivity contribution is 0.0931. The monoisotopic (exact) mass is 356 g/mol. The third kappa shape index (κ3) is 4.94. The summed E-state index contributed by atoms with van der Waals surface area (Å²) in [5, 5.41) is 7.68. The van der Waals surface area contributed by atoms with Gasteiger partial charge in [-0.1, -0.05) is 38.1 Å². The normalized spacial score (nSPS) is 12.6. The van der Waals surface area contributed by atoms with Crippen molar-refractivity contribution in [3.8, 4) is 0 Å². The lowest BCUT2D eigenvalue weighted by atomic mass is 10.0. The van der Waals surface area contributed by atoms with Crippen molar-refractivity contribution in [3.05, 3.63) is 52.8 Å². The summed E-state index contributed by atoms with van der Waals surface area (Å²) >= 11 is 0. The van der Waals surface area contributed by atoms with Crippen LogP contribution in [0.5, 0.6) is 0 Å². The van der Waals surface area contributed by atoms with Crippen molar-refractivity contribution in [1.29, 1.82) is 0 Å². The summed E-state index contributed by atoms with van der Waals surface area (Å²) in [4.78, 5) is 14.9. The Bertz CT molecular complexity index is 733. The maximum atomic E-state index is 12.8. The minimum atomic E-state index is -0.0604. The van der Waals surface area contributed by atoms with Gasteiger partial charge in [-0.3, -0.25) is 9.48 Å². The summed E-state index contributed by atoms with van der Waals surface area (Å²) in [7, 11) is 4.08. The molecule has 26 heavy (non-hydrogen) atoms. The third-order valence-corrected chi connectivity index (χ3v) is 4.61. The Balaban J connectivity index is 2.13. The number of hydrogen-bond donors (Lipinski definition) is 1. The molecule has 2 rings (SSSR count). The van der Waals surface area contributed by atoms with Crippen LogP contribution in [0.25, 0.3) is 0 Å². The topological polar surface area (TPSA) is 50.2 Å². The van der Waals surface area contributed by atoms with E-state index in [2.05, 4.69) is 48.2 Å². The molecule has 0 saturated carbocycles. The summed E-state index contributed by atoms with van der Waals surface area (Å²) in [5.74, 6) is 0.458. The number of aromatic nitrogens is 2. The molecule has 0 bridgehead atoms. The first-order valence-electron chi connectivity index (χ1n) is 9.40. The van der Waals surface area contributed by atoms with E-state index in [0.717, 1.165) is 12.1 Å². The van der Waals surface area contributed by atoms with Crippen molar-refractivity contribution >= 4 is 5.91 Å². The zero-order valence-electron chi connectivity index (χ0n) is 16.9. The maximum Gasteiger partial charge on any atom is 0.269 e. The first kappa shape index (κ1) is 20.2. The largest absolute Gasteiger partial charge is 0.349 e. The van der Waals surface area contributed by atoms with Gasteiger partial charge in [0.05, 0.1) is 11.7 Å². The molecule has 1 heterocycles. The molecule has 0 spiro atoms. The average molecular weight is 357 g/mol. The van der Waals surface area contributed by atoms with E-state index in [-0.39, 0.29) is 11.9 Å². The van der Waals surface area contributed by atoms with Crippen LogP contribution in [0.15, 0.2) is 30.3 Å². The van der Waals surface area contributed by atoms with Crippen LogP contribution in [0.1, 0.15) is 54.1 Å².